The number of benzene rings is 2. The van der Waals surface area contributed by atoms with Gasteiger partial charge >= 0.3 is 10.7 Å². The van der Waals surface area contributed by atoms with E-state index in [0.717, 1.165) is 17.3 Å². The molecular weight excluding hydrogens is 500 g/mol. The van der Waals surface area contributed by atoms with Crippen molar-refractivity contribution in [3.63, 3.8) is 0 Å². The lowest BCUT2D eigenvalue weighted by atomic mass is 10.1. The standard InChI is InChI=1S/C24H22N6O6S/c1-3-27(11-6-12-28-23(31)17-7-4-5-8-18(17)24(28)32)16-9-10-19(15(2)13-16)25-26-22-20(29(33)34)14-21(37-22)30(35)36/h4-5,7-10,13-14H,3,6,11-12H2,1-2H3/b26-25+. The van der Waals surface area contributed by atoms with Crippen LogP contribution >= 0.6 is 11.3 Å². The maximum atomic E-state index is 12.6. The summed E-state index contributed by atoms with van der Waals surface area (Å²) in [7, 11) is 0. The summed E-state index contributed by atoms with van der Waals surface area (Å²) in [6.07, 6.45) is 0.584. The Bertz CT molecular complexity index is 1400. The molecule has 2 heterocycles. The number of aryl methyl sites for hydroxylation is 1. The maximum Gasteiger partial charge on any atom is 0.333 e. The molecule has 0 aliphatic carbocycles. The largest absolute Gasteiger partial charge is 0.372 e. The molecule has 12 nitrogen and oxygen atoms in total. The molecule has 0 saturated carbocycles. The van der Waals surface area contributed by atoms with E-state index in [0.29, 0.717) is 54.2 Å². The molecule has 2 aromatic carbocycles. The van der Waals surface area contributed by atoms with Crippen LogP contribution in [0.2, 0.25) is 0 Å². The molecule has 0 unspecified atom stereocenters. The molecule has 1 aromatic heterocycles. The highest BCUT2D eigenvalue weighted by molar-refractivity contribution is 7.19. The molecule has 4 rings (SSSR count). The third kappa shape index (κ3) is 5.21. The second kappa shape index (κ2) is 10.6. The Labute approximate surface area is 215 Å². The lowest BCUT2D eigenvalue weighted by Crippen LogP contribution is -2.33. The molecule has 2 amide bonds. The van der Waals surface area contributed by atoms with Crippen LogP contribution in [0.1, 0.15) is 39.6 Å². The van der Waals surface area contributed by atoms with Gasteiger partial charge in [0.1, 0.15) is 6.07 Å². The van der Waals surface area contributed by atoms with Crippen molar-refractivity contribution in [2.24, 2.45) is 10.2 Å². The zero-order chi connectivity index (χ0) is 26.7. The minimum absolute atomic E-state index is 0.150. The molecule has 37 heavy (non-hydrogen) atoms. The number of hydrogen-bond acceptors (Lipinski definition) is 10. The number of anilines is 1. The summed E-state index contributed by atoms with van der Waals surface area (Å²) in [4.78, 5) is 49.2. The number of nitro groups is 2. The first-order valence-corrected chi connectivity index (χ1v) is 12.2. The first kappa shape index (κ1) is 25.6. The van der Waals surface area contributed by atoms with Crippen LogP contribution in [0.4, 0.5) is 27.1 Å². The van der Waals surface area contributed by atoms with Gasteiger partial charge in [0, 0.05) is 25.3 Å². The Hall–Kier alpha value is -4.52. The maximum absolute atomic E-state index is 12.6. The number of imide groups is 1. The van der Waals surface area contributed by atoms with E-state index in [2.05, 4.69) is 15.1 Å². The third-order valence-corrected chi connectivity index (χ3v) is 6.88. The normalized spacial score (nSPS) is 12.9. The van der Waals surface area contributed by atoms with Crippen LogP contribution in [0.3, 0.4) is 0 Å². The van der Waals surface area contributed by atoms with Crippen LogP contribution in [0.25, 0.3) is 0 Å². The fourth-order valence-electron chi connectivity index (χ4n) is 4.03. The van der Waals surface area contributed by atoms with Gasteiger partial charge in [0.2, 0.25) is 5.00 Å². The molecule has 0 saturated heterocycles. The van der Waals surface area contributed by atoms with Crippen LogP contribution in [0, 0.1) is 27.2 Å². The van der Waals surface area contributed by atoms with E-state index in [9.17, 15) is 29.8 Å². The molecule has 0 spiro atoms. The van der Waals surface area contributed by atoms with E-state index >= 15 is 0 Å². The summed E-state index contributed by atoms with van der Waals surface area (Å²) < 4.78 is 0. The highest BCUT2D eigenvalue weighted by Crippen LogP contribution is 2.42. The predicted octanol–water partition coefficient (Wildman–Crippen LogP) is 5.80. The van der Waals surface area contributed by atoms with Gasteiger partial charge in [-0.15, -0.1) is 10.2 Å². The second-order valence-electron chi connectivity index (χ2n) is 8.20. The Kier molecular flexibility index (Phi) is 7.34. The van der Waals surface area contributed by atoms with Gasteiger partial charge in [0.15, 0.2) is 0 Å². The Balaban J connectivity index is 1.42. The Morgan fingerprint density at radius 1 is 0.973 bits per heavy atom. The molecule has 1 aliphatic rings. The molecule has 1 aliphatic heterocycles. The lowest BCUT2D eigenvalue weighted by molar-refractivity contribution is -0.389. The van der Waals surface area contributed by atoms with Crippen molar-refractivity contribution in [2.45, 2.75) is 20.3 Å². The summed E-state index contributed by atoms with van der Waals surface area (Å²) in [6, 6.07) is 13.1. The molecular formula is C24H22N6O6S. The average molecular weight is 523 g/mol. The highest BCUT2D eigenvalue weighted by Gasteiger charge is 2.34. The van der Waals surface area contributed by atoms with Crippen LogP contribution in [-0.4, -0.2) is 46.2 Å². The van der Waals surface area contributed by atoms with Crippen molar-refractivity contribution in [3.8, 4) is 0 Å². The van der Waals surface area contributed by atoms with Crippen molar-refractivity contribution in [1.82, 2.24) is 4.90 Å². The number of amides is 2. The number of thiophene rings is 1. The van der Waals surface area contributed by atoms with Gasteiger partial charge < -0.3 is 4.90 Å². The van der Waals surface area contributed by atoms with E-state index < -0.39 is 15.5 Å². The first-order chi connectivity index (χ1) is 17.7. The van der Waals surface area contributed by atoms with E-state index in [-0.39, 0.29) is 21.8 Å². The summed E-state index contributed by atoms with van der Waals surface area (Å²) >= 11 is 0.587. The minimum atomic E-state index is -0.727. The SMILES string of the molecule is CCN(CCCN1C(=O)c2ccccc2C1=O)c1ccc(/N=N/c2sc([N+](=O)[O-])cc2[N+](=O)[O-])c(C)c1. The molecule has 0 bridgehead atoms. The van der Waals surface area contributed by atoms with Gasteiger partial charge in [0.05, 0.1) is 26.7 Å². The summed E-state index contributed by atoms with van der Waals surface area (Å²) in [6.45, 7) is 5.41. The molecule has 0 radical (unpaired) electrons. The van der Waals surface area contributed by atoms with Crippen molar-refractivity contribution >= 4 is 50.2 Å². The van der Waals surface area contributed by atoms with Gasteiger partial charge in [-0.3, -0.25) is 34.7 Å². The van der Waals surface area contributed by atoms with Crippen LogP contribution in [0.5, 0.6) is 0 Å². The Morgan fingerprint density at radius 2 is 1.65 bits per heavy atom. The van der Waals surface area contributed by atoms with Crippen molar-refractivity contribution in [1.29, 1.82) is 0 Å². The summed E-state index contributed by atoms with van der Waals surface area (Å²) in [5.74, 6) is -0.545. The van der Waals surface area contributed by atoms with Crippen molar-refractivity contribution in [3.05, 3.63) is 85.4 Å². The van der Waals surface area contributed by atoms with Gasteiger partial charge in [0.25, 0.3) is 11.8 Å². The highest BCUT2D eigenvalue weighted by atomic mass is 32.1. The lowest BCUT2D eigenvalue weighted by Gasteiger charge is -2.25. The number of nitrogens with zero attached hydrogens (tertiary/aromatic N) is 6. The number of carbonyl (C=O) groups is 2. The molecule has 13 heteroatoms. The van der Waals surface area contributed by atoms with Gasteiger partial charge in [-0.25, -0.2) is 0 Å². The fourth-order valence-corrected chi connectivity index (χ4v) is 4.79. The number of carbonyl (C=O) groups excluding carboxylic acids is 2. The van der Waals surface area contributed by atoms with E-state index in [1.54, 1.807) is 30.3 Å². The average Bonchev–Trinajstić information content (AvgIpc) is 3.42. The molecule has 0 N–H and O–H groups in total. The van der Waals surface area contributed by atoms with Crippen molar-refractivity contribution in [2.75, 3.05) is 24.5 Å². The monoisotopic (exact) mass is 522 g/mol. The molecule has 0 atom stereocenters. The number of hydrogen-bond donors (Lipinski definition) is 0. The first-order valence-electron chi connectivity index (χ1n) is 11.4. The summed E-state index contributed by atoms with van der Waals surface area (Å²) in [5, 5.41) is 29.6. The smallest absolute Gasteiger partial charge is 0.333 e. The predicted molar refractivity (Wildman–Crippen MR) is 137 cm³/mol. The third-order valence-electron chi connectivity index (χ3n) is 5.92. The van der Waals surface area contributed by atoms with Crippen LogP contribution < -0.4 is 4.90 Å². The molecule has 0 fully saturated rings. The topological polar surface area (TPSA) is 152 Å². The van der Waals surface area contributed by atoms with E-state index in [1.807, 2.05) is 26.0 Å². The van der Waals surface area contributed by atoms with Gasteiger partial charge in [-0.05, 0) is 67.5 Å². The van der Waals surface area contributed by atoms with E-state index in [1.165, 1.54) is 4.90 Å². The van der Waals surface area contributed by atoms with Gasteiger partial charge in [-0.2, -0.15) is 0 Å². The molecule has 190 valence electrons. The fraction of sp³-hybridized carbons (Fsp3) is 0.250. The van der Waals surface area contributed by atoms with Crippen molar-refractivity contribution < 1.29 is 19.4 Å². The Morgan fingerprint density at radius 3 is 2.22 bits per heavy atom. The summed E-state index contributed by atoms with van der Waals surface area (Å²) in [5.41, 5.74) is 2.53. The molecule has 3 aromatic rings. The van der Waals surface area contributed by atoms with Gasteiger partial charge in [-0.1, -0.05) is 12.1 Å². The van der Waals surface area contributed by atoms with Crippen LogP contribution in [0.15, 0.2) is 58.8 Å². The minimum Gasteiger partial charge on any atom is -0.372 e. The number of azo groups is 1. The van der Waals surface area contributed by atoms with Crippen LogP contribution in [-0.2, 0) is 0 Å². The van der Waals surface area contributed by atoms with E-state index in [4.69, 9.17) is 0 Å². The zero-order valence-electron chi connectivity index (χ0n) is 20.0. The zero-order valence-corrected chi connectivity index (χ0v) is 20.8. The second-order valence-corrected chi connectivity index (χ2v) is 9.21. The number of rotatable bonds is 10. The number of fused-ring (bicyclic) bond motifs is 1. The quantitative estimate of drug-likeness (QED) is 0.141.